The van der Waals surface area contributed by atoms with Crippen LogP contribution in [0.2, 0.25) is 5.02 Å². The highest BCUT2D eigenvalue weighted by Gasteiger charge is 2.26. The predicted molar refractivity (Wildman–Crippen MR) is 154 cm³/mol. The van der Waals surface area contributed by atoms with Crippen molar-refractivity contribution in [2.45, 2.75) is 30.3 Å². The first-order valence-corrected chi connectivity index (χ1v) is 13.8. The van der Waals surface area contributed by atoms with Crippen LogP contribution in [0.25, 0.3) is 5.69 Å². The van der Waals surface area contributed by atoms with E-state index in [1.807, 2.05) is 78.2 Å². The number of halogens is 2. The lowest BCUT2D eigenvalue weighted by molar-refractivity contribution is 0.0934. The molecule has 1 atom stereocenters. The maximum atomic E-state index is 13.5. The zero-order valence-corrected chi connectivity index (χ0v) is 22.8. The summed E-state index contributed by atoms with van der Waals surface area (Å²) < 4.78 is 15.5. The van der Waals surface area contributed by atoms with E-state index in [0.29, 0.717) is 33.7 Å². The third-order valence-corrected chi connectivity index (χ3v) is 7.52. The van der Waals surface area contributed by atoms with Crippen LogP contribution < -0.4 is 5.32 Å². The molecule has 1 aromatic heterocycles. The van der Waals surface area contributed by atoms with Crippen LogP contribution in [0.3, 0.4) is 0 Å². The number of carbonyl (C=O) groups excluding carboxylic acids is 1. The normalized spacial score (nSPS) is 11.8. The molecule has 0 radical (unpaired) electrons. The van der Waals surface area contributed by atoms with E-state index in [-0.39, 0.29) is 5.91 Å². The largest absolute Gasteiger partial charge is 0.342 e. The maximum Gasteiger partial charge on any atom is 0.251 e. The number of rotatable bonds is 9. The minimum absolute atomic E-state index is 0.327. The van der Waals surface area contributed by atoms with Crippen LogP contribution in [0, 0.1) is 12.7 Å². The Kier molecular flexibility index (Phi) is 8.39. The Labute approximate surface area is 236 Å². The van der Waals surface area contributed by atoms with Crippen molar-refractivity contribution in [2.24, 2.45) is 0 Å². The Hall–Kier alpha value is -3.94. The molecule has 0 aliphatic heterocycles. The van der Waals surface area contributed by atoms with E-state index in [2.05, 4.69) is 27.6 Å². The van der Waals surface area contributed by atoms with Gasteiger partial charge in [0.2, 0.25) is 0 Å². The fraction of sp³-hybridized carbons (Fsp3) is 0.129. The predicted octanol–water partition coefficient (Wildman–Crippen LogP) is 7.37. The van der Waals surface area contributed by atoms with Crippen LogP contribution in [-0.2, 0) is 12.2 Å². The third kappa shape index (κ3) is 6.56. The van der Waals surface area contributed by atoms with Gasteiger partial charge in [0.05, 0.1) is 11.7 Å². The summed E-state index contributed by atoms with van der Waals surface area (Å²) in [6.07, 6.45) is 0.481. The molecule has 0 bridgehead atoms. The average molecular weight is 557 g/mol. The van der Waals surface area contributed by atoms with Gasteiger partial charge in [-0.2, -0.15) is 0 Å². The SMILES string of the molecule is Cc1ccc(Cl)cc1-n1c(SCc2ccccc2)nnc1C(Cc1ccccc1)NC(=O)c1ccc(F)cc1. The van der Waals surface area contributed by atoms with Gasteiger partial charge in [-0.1, -0.05) is 90.1 Å². The molecule has 0 aliphatic rings. The van der Waals surface area contributed by atoms with E-state index in [0.717, 1.165) is 22.4 Å². The minimum atomic E-state index is -0.526. The summed E-state index contributed by atoms with van der Waals surface area (Å²) in [6.45, 7) is 2.00. The summed E-state index contributed by atoms with van der Waals surface area (Å²) in [7, 11) is 0. The van der Waals surface area contributed by atoms with Crippen LogP contribution in [0.4, 0.5) is 4.39 Å². The number of carbonyl (C=O) groups is 1. The molecule has 0 saturated carbocycles. The van der Waals surface area contributed by atoms with Gasteiger partial charge in [-0.05, 0) is 66.4 Å². The minimum Gasteiger partial charge on any atom is -0.342 e. The number of thioether (sulfide) groups is 1. The highest BCUT2D eigenvalue weighted by Crippen LogP contribution is 2.31. The van der Waals surface area contributed by atoms with Crippen LogP contribution in [0.1, 0.15) is 38.9 Å². The lowest BCUT2D eigenvalue weighted by Crippen LogP contribution is -2.32. The zero-order chi connectivity index (χ0) is 27.2. The van der Waals surface area contributed by atoms with E-state index >= 15 is 0 Å². The Balaban J connectivity index is 1.57. The number of hydrogen-bond donors (Lipinski definition) is 1. The molecule has 1 unspecified atom stereocenters. The molecule has 0 fully saturated rings. The van der Waals surface area contributed by atoms with E-state index in [1.165, 1.54) is 24.3 Å². The standard InChI is InChI=1S/C31H26ClFN4OS/c1-21-12-15-25(32)19-28(21)37-29(35-36-31(37)39-20-23-10-6-3-7-11-23)27(18-22-8-4-2-5-9-22)34-30(38)24-13-16-26(33)17-14-24/h2-17,19,27H,18,20H2,1H3,(H,34,38). The Morgan fingerprint density at radius 3 is 2.28 bits per heavy atom. The summed E-state index contributed by atoms with van der Waals surface area (Å²) in [4.78, 5) is 13.3. The second-order valence-corrected chi connectivity index (χ2v) is 10.5. The topological polar surface area (TPSA) is 59.8 Å². The second kappa shape index (κ2) is 12.3. The smallest absolute Gasteiger partial charge is 0.251 e. The molecular weight excluding hydrogens is 531 g/mol. The van der Waals surface area contributed by atoms with Crippen molar-refractivity contribution in [1.82, 2.24) is 20.1 Å². The van der Waals surface area contributed by atoms with Crippen LogP contribution in [0.15, 0.2) is 108 Å². The van der Waals surface area contributed by atoms with Crippen molar-refractivity contribution in [1.29, 1.82) is 0 Å². The fourth-order valence-corrected chi connectivity index (χ4v) is 5.35. The van der Waals surface area contributed by atoms with Gasteiger partial charge in [-0.25, -0.2) is 4.39 Å². The summed E-state index contributed by atoms with van der Waals surface area (Å²) in [5.41, 5.74) is 4.38. The molecule has 39 heavy (non-hydrogen) atoms. The Morgan fingerprint density at radius 1 is 0.923 bits per heavy atom. The molecule has 1 N–H and O–H groups in total. The maximum absolute atomic E-state index is 13.5. The fourth-order valence-electron chi connectivity index (χ4n) is 4.27. The van der Waals surface area contributed by atoms with Crippen molar-refractivity contribution >= 4 is 29.3 Å². The molecule has 0 aliphatic carbocycles. The number of amides is 1. The van der Waals surface area contributed by atoms with Crippen LogP contribution in [-0.4, -0.2) is 20.7 Å². The van der Waals surface area contributed by atoms with Gasteiger partial charge >= 0.3 is 0 Å². The van der Waals surface area contributed by atoms with E-state index in [9.17, 15) is 9.18 Å². The average Bonchev–Trinajstić information content (AvgIpc) is 3.38. The van der Waals surface area contributed by atoms with Gasteiger partial charge in [0.15, 0.2) is 11.0 Å². The van der Waals surface area contributed by atoms with Crippen molar-refractivity contribution in [3.63, 3.8) is 0 Å². The molecule has 4 aromatic carbocycles. The van der Waals surface area contributed by atoms with Gasteiger partial charge in [0, 0.05) is 16.3 Å². The summed E-state index contributed by atoms with van der Waals surface area (Å²) >= 11 is 8.00. The molecule has 8 heteroatoms. The van der Waals surface area contributed by atoms with E-state index in [4.69, 9.17) is 11.6 Å². The molecule has 5 nitrogen and oxygen atoms in total. The zero-order valence-electron chi connectivity index (χ0n) is 21.2. The number of aryl methyl sites for hydroxylation is 1. The first kappa shape index (κ1) is 26.7. The van der Waals surface area contributed by atoms with Crippen molar-refractivity contribution in [2.75, 3.05) is 0 Å². The summed E-state index contributed by atoms with van der Waals surface area (Å²) in [6, 6.07) is 30.7. The monoisotopic (exact) mass is 556 g/mol. The Bertz CT molecular complexity index is 1560. The van der Waals surface area contributed by atoms with Gasteiger partial charge in [-0.3, -0.25) is 9.36 Å². The second-order valence-electron chi connectivity index (χ2n) is 9.10. The number of nitrogens with zero attached hydrogens (tertiary/aromatic N) is 3. The molecule has 5 rings (SSSR count). The van der Waals surface area contributed by atoms with Crippen molar-refractivity contribution in [3.05, 3.63) is 142 Å². The van der Waals surface area contributed by atoms with Crippen molar-refractivity contribution < 1.29 is 9.18 Å². The molecule has 1 heterocycles. The van der Waals surface area contributed by atoms with Gasteiger partial charge in [0.1, 0.15) is 5.82 Å². The van der Waals surface area contributed by atoms with Crippen molar-refractivity contribution in [3.8, 4) is 5.69 Å². The number of benzene rings is 4. The Morgan fingerprint density at radius 2 is 1.59 bits per heavy atom. The third-order valence-electron chi connectivity index (χ3n) is 6.29. The summed E-state index contributed by atoms with van der Waals surface area (Å²) in [5, 5.41) is 13.6. The molecule has 1 amide bonds. The molecule has 5 aromatic rings. The number of nitrogens with one attached hydrogen (secondary N) is 1. The van der Waals surface area contributed by atoms with Crippen LogP contribution >= 0.6 is 23.4 Å². The molecule has 196 valence electrons. The first-order chi connectivity index (χ1) is 19.0. The molecular formula is C31H26ClFN4OS. The highest BCUT2D eigenvalue weighted by molar-refractivity contribution is 7.98. The number of aromatic nitrogens is 3. The van der Waals surface area contributed by atoms with Crippen LogP contribution in [0.5, 0.6) is 0 Å². The van der Waals surface area contributed by atoms with Gasteiger partial charge in [-0.15, -0.1) is 10.2 Å². The number of hydrogen-bond acceptors (Lipinski definition) is 4. The summed E-state index contributed by atoms with van der Waals surface area (Å²) in [5.74, 6) is 0.551. The van der Waals surface area contributed by atoms with E-state index < -0.39 is 11.9 Å². The van der Waals surface area contributed by atoms with Gasteiger partial charge < -0.3 is 5.32 Å². The highest BCUT2D eigenvalue weighted by atomic mass is 35.5. The molecule has 0 spiro atoms. The lowest BCUT2D eigenvalue weighted by Gasteiger charge is -2.21. The van der Waals surface area contributed by atoms with E-state index in [1.54, 1.807) is 11.8 Å². The van der Waals surface area contributed by atoms with Gasteiger partial charge in [0.25, 0.3) is 5.91 Å². The lowest BCUT2D eigenvalue weighted by atomic mass is 10.0. The molecule has 0 saturated heterocycles. The first-order valence-electron chi connectivity index (χ1n) is 12.5. The quantitative estimate of drug-likeness (QED) is 0.192.